The monoisotopic (exact) mass is 371 g/mol. The zero-order valence-electron chi connectivity index (χ0n) is 15.0. The molecule has 142 valence electrons. The Bertz CT molecular complexity index is 848. The number of fused-ring (bicyclic) bond motifs is 1. The Morgan fingerprint density at radius 1 is 1.11 bits per heavy atom. The first kappa shape index (κ1) is 18.6. The highest BCUT2D eigenvalue weighted by molar-refractivity contribution is 5.88. The molecule has 2 aromatic carbocycles. The van der Waals surface area contributed by atoms with Crippen molar-refractivity contribution in [3.8, 4) is 17.2 Å². The van der Waals surface area contributed by atoms with Gasteiger partial charge < -0.3 is 24.6 Å². The molecule has 0 aromatic heterocycles. The summed E-state index contributed by atoms with van der Waals surface area (Å²) in [5, 5.41) is 11.9. The van der Waals surface area contributed by atoms with Crippen molar-refractivity contribution in [2.45, 2.75) is 12.8 Å². The summed E-state index contributed by atoms with van der Waals surface area (Å²) in [4.78, 5) is 23.2. The van der Waals surface area contributed by atoms with Crippen LogP contribution in [-0.4, -0.2) is 43.9 Å². The molecular formula is C20H21NO6. The van der Waals surface area contributed by atoms with Crippen molar-refractivity contribution in [1.82, 2.24) is 5.32 Å². The molecule has 0 atom stereocenters. The van der Waals surface area contributed by atoms with Gasteiger partial charge in [0.25, 0.3) is 0 Å². The standard InChI is InChI=1S/C20H21NO6/c1-25-17-12-15(20(23)24)4-3-14(17)6-7-21-19(22)11-13-2-5-16-18(10-13)27-9-8-26-16/h2-5,10,12H,6-9,11H2,1H3,(H,21,22)(H,23,24). The van der Waals surface area contributed by atoms with Gasteiger partial charge >= 0.3 is 5.97 Å². The molecule has 1 aliphatic rings. The number of ether oxygens (including phenoxy) is 3. The number of aromatic carboxylic acids is 1. The molecule has 7 heteroatoms. The van der Waals surface area contributed by atoms with E-state index in [0.29, 0.717) is 43.4 Å². The molecule has 0 radical (unpaired) electrons. The number of carboxylic acid groups (broad SMARTS) is 1. The van der Waals surface area contributed by atoms with Gasteiger partial charge in [-0.1, -0.05) is 12.1 Å². The molecule has 1 heterocycles. The molecule has 0 saturated carbocycles. The lowest BCUT2D eigenvalue weighted by Crippen LogP contribution is -2.27. The average Bonchev–Trinajstić information content (AvgIpc) is 2.68. The lowest BCUT2D eigenvalue weighted by atomic mass is 10.1. The maximum absolute atomic E-state index is 12.2. The molecule has 1 aliphatic heterocycles. The summed E-state index contributed by atoms with van der Waals surface area (Å²) in [5.41, 5.74) is 1.85. The van der Waals surface area contributed by atoms with Crippen LogP contribution < -0.4 is 19.5 Å². The molecule has 2 aromatic rings. The molecule has 0 unspecified atom stereocenters. The first-order valence-electron chi connectivity index (χ1n) is 8.62. The van der Waals surface area contributed by atoms with Crippen LogP contribution in [0, 0.1) is 0 Å². The SMILES string of the molecule is COc1cc(C(=O)O)ccc1CCNC(=O)Cc1ccc2c(c1)OCCO2. The number of rotatable bonds is 7. The summed E-state index contributed by atoms with van der Waals surface area (Å²) < 4.78 is 16.2. The normalized spacial score (nSPS) is 12.3. The van der Waals surface area contributed by atoms with E-state index in [9.17, 15) is 9.59 Å². The number of benzene rings is 2. The van der Waals surface area contributed by atoms with Crippen LogP contribution >= 0.6 is 0 Å². The molecule has 0 saturated heterocycles. The Morgan fingerprint density at radius 3 is 2.63 bits per heavy atom. The van der Waals surface area contributed by atoms with Gasteiger partial charge in [-0.2, -0.15) is 0 Å². The van der Waals surface area contributed by atoms with Crippen molar-refractivity contribution >= 4 is 11.9 Å². The van der Waals surface area contributed by atoms with Crippen LogP contribution in [0.25, 0.3) is 0 Å². The Labute approximate surface area is 156 Å². The van der Waals surface area contributed by atoms with E-state index in [4.69, 9.17) is 19.3 Å². The number of carbonyl (C=O) groups is 2. The molecule has 3 rings (SSSR count). The highest BCUT2D eigenvalue weighted by Gasteiger charge is 2.13. The average molecular weight is 371 g/mol. The van der Waals surface area contributed by atoms with E-state index in [1.807, 2.05) is 18.2 Å². The molecular weight excluding hydrogens is 350 g/mol. The molecule has 7 nitrogen and oxygen atoms in total. The highest BCUT2D eigenvalue weighted by atomic mass is 16.6. The van der Waals surface area contributed by atoms with Crippen molar-refractivity contribution in [3.05, 3.63) is 53.1 Å². The number of carboxylic acids is 1. The minimum absolute atomic E-state index is 0.104. The summed E-state index contributed by atoms with van der Waals surface area (Å²) in [5.74, 6) is 0.744. The van der Waals surface area contributed by atoms with Gasteiger partial charge in [-0.25, -0.2) is 4.79 Å². The largest absolute Gasteiger partial charge is 0.496 e. The van der Waals surface area contributed by atoms with E-state index in [1.165, 1.54) is 19.2 Å². The molecule has 0 aliphatic carbocycles. The Balaban J connectivity index is 1.53. The number of hydrogen-bond donors (Lipinski definition) is 2. The topological polar surface area (TPSA) is 94.1 Å². The number of hydrogen-bond acceptors (Lipinski definition) is 5. The van der Waals surface area contributed by atoms with Gasteiger partial charge in [0.1, 0.15) is 19.0 Å². The third-order valence-electron chi connectivity index (χ3n) is 4.22. The van der Waals surface area contributed by atoms with E-state index in [2.05, 4.69) is 5.32 Å². The number of methoxy groups -OCH3 is 1. The van der Waals surface area contributed by atoms with Gasteiger partial charge in [0.05, 0.1) is 19.1 Å². The van der Waals surface area contributed by atoms with E-state index >= 15 is 0 Å². The summed E-state index contributed by atoms with van der Waals surface area (Å²) in [7, 11) is 1.49. The van der Waals surface area contributed by atoms with E-state index in [-0.39, 0.29) is 17.9 Å². The fourth-order valence-electron chi connectivity index (χ4n) is 2.87. The van der Waals surface area contributed by atoms with Crippen LogP contribution in [0.2, 0.25) is 0 Å². The molecule has 1 amide bonds. The number of carbonyl (C=O) groups excluding carboxylic acids is 1. The van der Waals surface area contributed by atoms with Gasteiger partial charge in [0, 0.05) is 6.54 Å². The van der Waals surface area contributed by atoms with Crippen molar-refractivity contribution in [3.63, 3.8) is 0 Å². The predicted molar refractivity (Wildman–Crippen MR) is 97.8 cm³/mol. The molecule has 0 bridgehead atoms. The summed E-state index contributed by atoms with van der Waals surface area (Å²) in [6, 6.07) is 10.2. The quantitative estimate of drug-likeness (QED) is 0.774. The summed E-state index contributed by atoms with van der Waals surface area (Å²) >= 11 is 0. The van der Waals surface area contributed by atoms with Crippen LogP contribution in [0.5, 0.6) is 17.2 Å². The third kappa shape index (κ3) is 4.69. The first-order valence-corrected chi connectivity index (χ1v) is 8.62. The van der Waals surface area contributed by atoms with E-state index in [1.54, 1.807) is 6.07 Å². The smallest absolute Gasteiger partial charge is 0.335 e. The van der Waals surface area contributed by atoms with Gasteiger partial charge in [-0.3, -0.25) is 4.79 Å². The summed E-state index contributed by atoms with van der Waals surface area (Å²) in [6.45, 7) is 1.46. The van der Waals surface area contributed by atoms with Crippen molar-refractivity contribution < 1.29 is 28.9 Å². The third-order valence-corrected chi connectivity index (χ3v) is 4.22. The maximum Gasteiger partial charge on any atom is 0.335 e. The zero-order chi connectivity index (χ0) is 19.2. The second-order valence-electron chi connectivity index (χ2n) is 6.09. The van der Waals surface area contributed by atoms with Crippen LogP contribution in [0.15, 0.2) is 36.4 Å². The molecule has 0 fully saturated rings. The lowest BCUT2D eigenvalue weighted by Gasteiger charge is -2.18. The van der Waals surface area contributed by atoms with Crippen molar-refractivity contribution in [2.75, 3.05) is 26.9 Å². The van der Waals surface area contributed by atoms with E-state index < -0.39 is 5.97 Å². The molecule has 27 heavy (non-hydrogen) atoms. The van der Waals surface area contributed by atoms with Gasteiger partial charge in [0.15, 0.2) is 11.5 Å². The Hall–Kier alpha value is -3.22. The van der Waals surface area contributed by atoms with Crippen molar-refractivity contribution in [2.24, 2.45) is 0 Å². The Kier molecular flexibility index (Phi) is 5.80. The highest BCUT2D eigenvalue weighted by Crippen LogP contribution is 2.30. The van der Waals surface area contributed by atoms with Crippen LogP contribution in [-0.2, 0) is 17.6 Å². The fraction of sp³-hybridized carbons (Fsp3) is 0.300. The summed E-state index contributed by atoms with van der Waals surface area (Å²) in [6.07, 6.45) is 0.779. The first-order chi connectivity index (χ1) is 13.1. The minimum Gasteiger partial charge on any atom is -0.496 e. The number of amides is 1. The van der Waals surface area contributed by atoms with Crippen LogP contribution in [0.1, 0.15) is 21.5 Å². The second kappa shape index (κ2) is 8.44. The lowest BCUT2D eigenvalue weighted by molar-refractivity contribution is -0.120. The molecule has 0 spiro atoms. The Morgan fingerprint density at radius 2 is 1.89 bits per heavy atom. The fourth-order valence-corrected chi connectivity index (χ4v) is 2.87. The second-order valence-corrected chi connectivity index (χ2v) is 6.09. The van der Waals surface area contributed by atoms with Crippen molar-refractivity contribution in [1.29, 1.82) is 0 Å². The maximum atomic E-state index is 12.2. The van der Waals surface area contributed by atoms with Crippen LogP contribution in [0.4, 0.5) is 0 Å². The molecule has 2 N–H and O–H groups in total. The zero-order valence-corrected chi connectivity index (χ0v) is 15.0. The van der Waals surface area contributed by atoms with Gasteiger partial charge in [0.2, 0.25) is 5.91 Å². The van der Waals surface area contributed by atoms with E-state index in [0.717, 1.165) is 11.1 Å². The van der Waals surface area contributed by atoms with Crippen LogP contribution in [0.3, 0.4) is 0 Å². The van der Waals surface area contributed by atoms with Gasteiger partial charge in [-0.15, -0.1) is 0 Å². The number of nitrogens with one attached hydrogen (secondary N) is 1. The minimum atomic E-state index is -1.01. The predicted octanol–water partition coefficient (Wildman–Crippen LogP) is 2.07. The van der Waals surface area contributed by atoms with Gasteiger partial charge in [-0.05, 0) is 41.8 Å².